The number of hydrogen-bond donors (Lipinski definition) is 1. The third-order valence-electron chi connectivity index (χ3n) is 5.79. The lowest BCUT2D eigenvalue weighted by molar-refractivity contribution is 0.589. The lowest BCUT2D eigenvalue weighted by Crippen LogP contribution is -2.11. The normalized spacial score (nSPS) is 12.6. The third kappa shape index (κ3) is 4.29. The maximum atomic E-state index is 6.37. The molecule has 2 heterocycles. The van der Waals surface area contributed by atoms with Crippen LogP contribution in [0.25, 0.3) is 32.5 Å². The molecule has 5 rings (SSSR count). The smallest absolute Gasteiger partial charge is 0.204 e. The molecule has 0 saturated carbocycles. The van der Waals surface area contributed by atoms with Gasteiger partial charge in [0.1, 0.15) is 11.3 Å². The number of anilines is 1. The number of benzene rings is 3. The summed E-state index contributed by atoms with van der Waals surface area (Å²) >= 11 is 1.59. The summed E-state index contributed by atoms with van der Waals surface area (Å²) in [5.41, 5.74) is 9.70. The summed E-state index contributed by atoms with van der Waals surface area (Å²) in [5, 5.41) is 7.38. The van der Waals surface area contributed by atoms with E-state index in [1.807, 2.05) is 24.3 Å². The molecule has 0 amide bonds. The average Bonchev–Trinajstić information content (AvgIpc) is 3.19. The molecule has 5 heteroatoms. The largest absolute Gasteiger partial charge is 0.456 e. The number of fused-ring (bicyclic) bond motifs is 2. The Hall–Kier alpha value is -3.44. The van der Waals surface area contributed by atoms with E-state index in [1.54, 1.807) is 11.3 Å². The van der Waals surface area contributed by atoms with Crippen molar-refractivity contribution in [2.75, 3.05) is 5.43 Å². The van der Waals surface area contributed by atoms with Gasteiger partial charge < -0.3 is 4.42 Å². The Morgan fingerprint density at radius 3 is 2.42 bits per heavy atom. The molecule has 0 aliphatic rings. The third-order valence-corrected chi connectivity index (χ3v) is 6.73. The zero-order valence-corrected chi connectivity index (χ0v) is 20.4. The van der Waals surface area contributed by atoms with E-state index in [2.05, 4.69) is 87.5 Å². The average molecular weight is 454 g/mol. The summed E-state index contributed by atoms with van der Waals surface area (Å²) in [6.07, 6.45) is 0. The summed E-state index contributed by atoms with van der Waals surface area (Å²) in [6, 6.07) is 22.9. The first kappa shape index (κ1) is 21.4. The van der Waals surface area contributed by atoms with Gasteiger partial charge in [0.25, 0.3) is 0 Å². The van der Waals surface area contributed by atoms with Crippen molar-refractivity contribution in [1.29, 1.82) is 0 Å². The maximum absolute atomic E-state index is 6.37. The molecule has 0 atom stereocenters. The minimum Gasteiger partial charge on any atom is -0.456 e. The fourth-order valence-corrected chi connectivity index (χ4v) is 4.88. The van der Waals surface area contributed by atoms with Crippen LogP contribution < -0.4 is 10.8 Å². The van der Waals surface area contributed by atoms with Crippen molar-refractivity contribution >= 4 is 37.7 Å². The van der Waals surface area contributed by atoms with Gasteiger partial charge >= 0.3 is 0 Å². The van der Waals surface area contributed by atoms with Crippen LogP contribution in [0.4, 0.5) is 5.13 Å². The summed E-state index contributed by atoms with van der Waals surface area (Å²) in [6.45, 7) is 10.8. The van der Waals surface area contributed by atoms with E-state index in [9.17, 15) is 0 Å². The number of aromatic nitrogens is 1. The van der Waals surface area contributed by atoms with Gasteiger partial charge in [-0.25, -0.2) is 4.98 Å². The van der Waals surface area contributed by atoms with Gasteiger partial charge in [-0.1, -0.05) is 74.6 Å². The van der Waals surface area contributed by atoms with Crippen molar-refractivity contribution in [2.24, 2.45) is 5.10 Å². The second-order valence-electron chi connectivity index (χ2n) is 9.49. The van der Waals surface area contributed by atoms with Gasteiger partial charge in [-0.15, -0.1) is 0 Å². The van der Waals surface area contributed by atoms with Crippen molar-refractivity contribution in [3.05, 3.63) is 88.8 Å². The van der Waals surface area contributed by atoms with E-state index in [0.717, 1.165) is 54.1 Å². The molecule has 33 heavy (non-hydrogen) atoms. The van der Waals surface area contributed by atoms with Gasteiger partial charge in [-0.2, -0.15) is 5.10 Å². The summed E-state index contributed by atoms with van der Waals surface area (Å²) < 4.78 is 7.51. The summed E-state index contributed by atoms with van der Waals surface area (Å²) in [7, 11) is 0. The Morgan fingerprint density at radius 2 is 1.70 bits per heavy atom. The van der Waals surface area contributed by atoms with E-state index < -0.39 is 0 Å². The van der Waals surface area contributed by atoms with Crippen molar-refractivity contribution < 1.29 is 4.42 Å². The molecule has 0 saturated heterocycles. The number of hydrogen-bond acceptors (Lipinski definition) is 5. The first-order valence-corrected chi connectivity index (χ1v) is 11.9. The Labute approximate surface area is 197 Å². The minimum atomic E-state index is 0.106. The van der Waals surface area contributed by atoms with Crippen molar-refractivity contribution in [3.8, 4) is 11.3 Å². The SMILES string of the molecule is Cc1cc(C)c2/c(=N/Nc3nc4ccccc4s3)cc(-c3ccc(C(C)(C)C)cc3)oc2c1. The Morgan fingerprint density at radius 1 is 0.939 bits per heavy atom. The van der Waals surface area contributed by atoms with Crippen LogP contribution in [0, 0.1) is 13.8 Å². The molecule has 0 fully saturated rings. The number of nitrogens with zero attached hydrogens (tertiary/aromatic N) is 2. The number of thiazole rings is 1. The van der Waals surface area contributed by atoms with Crippen LogP contribution in [0.2, 0.25) is 0 Å². The van der Waals surface area contributed by atoms with E-state index in [1.165, 1.54) is 5.56 Å². The minimum absolute atomic E-state index is 0.106. The number of nitrogens with one attached hydrogen (secondary N) is 1. The van der Waals surface area contributed by atoms with Crippen molar-refractivity contribution in [2.45, 2.75) is 40.0 Å². The van der Waals surface area contributed by atoms with Gasteiger partial charge in [0.05, 0.1) is 15.6 Å². The maximum Gasteiger partial charge on any atom is 0.204 e. The molecule has 0 radical (unpaired) electrons. The van der Waals surface area contributed by atoms with Crippen LogP contribution in [0.15, 0.2) is 76.2 Å². The molecule has 5 aromatic rings. The molecule has 4 nitrogen and oxygen atoms in total. The summed E-state index contributed by atoms with van der Waals surface area (Å²) in [5.74, 6) is 0.790. The molecule has 1 N–H and O–H groups in total. The fourth-order valence-electron chi connectivity index (χ4n) is 4.07. The van der Waals surface area contributed by atoms with Crippen molar-refractivity contribution in [3.63, 3.8) is 0 Å². The van der Waals surface area contributed by atoms with Gasteiger partial charge in [0.2, 0.25) is 5.13 Å². The number of rotatable bonds is 3. The lowest BCUT2D eigenvalue weighted by Gasteiger charge is -2.19. The first-order valence-electron chi connectivity index (χ1n) is 11.1. The molecule has 0 spiro atoms. The topological polar surface area (TPSA) is 50.4 Å². The molecule has 166 valence electrons. The van der Waals surface area contributed by atoms with Crippen LogP contribution in [-0.2, 0) is 5.41 Å². The Kier molecular flexibility index (Phi) is 5.29. The molecule has 2 aromatic heterocycles. The highest BCUT2D eigenvalue weighted by Crippen LogP contribution is 2.29. The Balaban J connectivity index is 1.64. The monoisotopic (exact) mass is 453 g/mol. The van der Waals surface area contributed by atoms with Crippen molar-refractivity contribution in [1.82, 2.24) is 4.98 Å². The van der Waals surface area contributed by atoms with E-state index in [0.29, 0.717) is 0 Å². The number of para-hydroxylation sites is 1. The predicted molar refractivity (Wildman–Crippen MR) is 139 cm³/mol. The van der Waals surface area contributed by atoms with Gasteiger partial charge in [-0.3, -0.25) is 5.43 Å². The van der Waals surface area contributed by atoms with E-state index >= 15 is 0 Å². The standard InChI is InChI=1S/C28H27N3OS/c1-17-14-18(2)26-22(30-31-27-29-21-8-6-7-9-25(21)33-27)16-23(32-24(26)15-17)19-10-12-20(13-11-19)28(3,4)5/h6-16H,1-5H3,(H,29,31)/b30-22+. The van der Waals surface area contributed by atoms with Gasteiger partial charge in [-0.05, 0) is 54.2 Å². The fraction of sp³-hybridized carbons (Fsp3) is 0.214. The second-order valence-corrected chi connectivity index (χ2v) is 10.5. The molecule has 0 unspecified atom stereocenters. The highest BCUT2D eigenvalue weighted by atomic mass is 32.1. The highest BCUT2D eigenvalue weighted by molar-refractivity contribution is 7.22. The molecule has 0 aliphatic heterocycles. The quantitative estimate of drug-likeness (QED) is 0.287. The molecule has 3 aromatic carbocycles. The van der Waals surface area contributed by atoms with Gasteiger partial charge in [0, 0.05) is 17.0 Å². The van der Waals surface area contributed by atoms with Crippen LogP contribution in [0.5, 0.6) is 0 Å². The van der Waals surface area contributed by atoms with Crippen LogP contribution >= 0.6 is 11.3 Å². The van der Waals surface area contributed by atoms with Crippen LogP contribution in [0.1, 0.15) is 37.5 Å². The predicted octanol–water partition coefficient (Wildman–Crippen LogP) is 7.55. The van der Waals surface area contributed by atoms with Gasteiger partial charge in [0.15, 0.2) is 0 Å². The highest BCUT2D eigenvalue weighted by Gasteiger charge is 2.14. The van der Waals surface area contributed by atoms with Crippen LogP contribution in [0.3, 0.4) is 0 Å². The molecule has 0 bridgehead atoms. The summed E-state index contributed by atoms with van der Waals surface area (Å²) in [4.78, 5) is 4.65. The second kappa shape index (κ2) is 8.16. The van der Waals surface area contributed by atoms with E-state index in [4.69, 9.17) is 9.52 Å². The Bertz CT molecular complexity index is 1500. The zero-order chi connectivity index (χ0) is 23.2. The zero-order valence-electron chi connectivity index (χ0n) is 19.6. The molecular weight excluding hydrogens is 426 g/mol. The molecular formula is C28H27N3OS. The van der Waals surface area contributed by atoms with Crippen LogP contribution in [-0.4, -0.2) is 4.98 Å². The number of aryl methyl sites for hydroxylation is 2. The lowest BCUT2D eigenvalue weighted by atomic mass is 9.86. The first-order chi connectivity index (χ1) is 15.8. The molecule has 0 aliphatic carbocycles. The van der Waals surface area contributed by atoms with E-state index in [-0.39, 0.29) is 5.41 Å².